The molecular weight excluding hydrogens is 224 g/mol. The zero-order chi connectivity index (χ0) is 12.8. The van der Waals surface area contributed by atoms with E-state index in [-0.39, 0.29) is 5.78 Å². The lowest BCUT2D eigenvalue weighted by Gasteiger charge is -2.13. The first kappa shape index (κ1) is 12.9. The minimum atomic E-state index is -1.37. The van der Waals surface area contributed by atoms with Gasteiger partial charge >= 0.3 is 11.9 Å². The van der Waals surface area contributed by atoms with E-state index in [4.69, 9.17) is 9.84 Å². The van der Waals surface area contributed by atoms with Gasteiger partial charge in [-0.15, -0.1) is 0 Å². The minimum absolute atomic E-state index is 0.358. The first-order chi connectivity index (χ1) is 8.00. The maximum atomic E-state index is 11.2. The van der Waals surface area contributed by atoms with Gasteiger partial charge in [-0.2, -0.15) is 0 Å². The van der Waals surface area contributed by atoms with Crippen LogP contribution >= 0.6 is 0 Å². The number of carboxylic acids is 1. The van der Waals surface area contributed by atoms with Crippen LogP contribution in [-0.4, -0.2) is 22.8 Å². The average Bonchev–Trinajstić information content (AvgIpc) is 2.25. The predicted octanol–water partition coefficient (Wildman–Crippen LogP) is 1.33. The van der Waals surface area contributed by atoms with Crippen LogP contribution in [0.3, 0.4) is 0 Å². The van der Waals surface area contributed by atoms with Gasteiger partial charge in [-0.05, 0) is 6.92 Å². The van der Waals surface area contributed by atoms with Crippen molar-refractivity contribution in [2.75, 3.05) is 0 Å². The van der Waals surface area contributed by atoms with Gasteiger partial charge < -0.3 is 9.84 Å². The van der Waals surface area contributed by atoms with E-state index < -0.39 is 24.5 Å². The zero-order valence-electron chi connectivity index (χ0n) is 9.25. The third-order valence-electron chi connectivity index (χ3n) is 1.97. The highest BCUT2D eigenvalue weighted by Crippen LogP contribution is 2.18. The van der Waals surface area contributed by atoms with E-state index in [1.165, 1.54) is 6.92 Å². The first-order valence-corrected chi connectivity index (χ1v) is 4.97. The Labute approximate surface area is 98.0 Å². The van der Waals surface area contributed by atoms with E-state index >= 15 is 0 Å². The number of hydrogen-bond donors (Lipinski definition) is 1. The Hall–Kier alpha value is -2.17. The van der Waals surface area contributed by atoms with Gasteiger partial charge in [0, 0.05) is 5.56 Å². The van der Waals surface area contributed by atoms with E-state index in [0.717, 1.165) is 0 Å². The second-order valence-corrected chi connectivity index (χ2v) is 3.50. The van der Waals surface area contributed by atoms with Gasteiger partial charge in [-0.3, -0.25) is 9.59 Å². The number of carbonyl (C=O) groups excluding carboxylic acids is 2. The van der Waals surface area contributed by atoms with Gasteiger partial charge in [0.25, 0.3) is 0 Å². The monoisotopic (exact) mass is 236 g/mol. The summed E-state index contributed by atoms with van der Waals surface area (Å²) < 4.78 is 4.75. The van der Waals surface area contributed by atoms with Crippen LogP contribution in [0.1, 0.15) is 25.0 Å². The summed E-state index contributed by atoms with van der Waals surface area (Å²) in [5.41, 5.74) is 0.358. The Bertz CT molecular complexity index is 424. The van der Waals surface area contributed by atoms with Crippen molar-refractivity contribution in [3.05, 3.63) is 35.9 Å². The molecule has 5 nitrogen and oxygen atoms in total. The van der Waals surface area contributed by atoms with Crippen molar-refractivity contribution >= 4 is 17.7 Å². The molecule has 0 heterocycles. The Morgan fingerprint density at radius 2 is 1.82 bits per heavy atom. The molecule has 5 heteroatoms. The summed E-state index contributed by atoms with van der Waals surface area (Å²) in [5.74, 6) is -2.48. The maximum absolute atomic E-state index is 11.2. The Balaban J connectivity index is 2.78. The molecule has 0 aliphatic carbocycles. The first-order valence-electron chi connectivity index (χ1n) is 4.97. The topological polar surface area (TPSA) is 80.7 Å². The van der Waals surface area contributed by atoms with Crippen LogP contribution in [0, 0.1) is 0 Å². The molecule has 90 valence electrons. The van der Waals surface area contributed by atoms with Crippen LogP contribution in [-0.2, 0) is 19.1 Å². The van der Waals surface area contributed by atoms with Crippen molar-refractivity contribution in [3.8, 4) is 0 Å². The number of carbonyl (C=O) groups is 3. The fourth-order valence-corrected chi connectivity index (χ4v) is 1.27. The highest BCUT2D eigenvalue weighted by atomic mass is 16.6. The molecule has 0 spiro atoms. The maximum Gasteiger partial charge on any atom is 0.349 e. The highest BCUT2D eigenvalue weighted by Gasteiger charge is 2.24. The number of carboxylic acid groups (broad SMARTS) is 1. The van der Waals surface area contributed by atoms with Crippen molar-refractivity contribution in [1.29, 1.82) is 0 Å². The smallest absolute Gasteiger partial charge is 0.349 e. The summed E-state index contributed by atoms with van der Waals surface area (Å²) in [7, 11) is 0. The summed E-state index contributed by atoms with van der Waals surface area (Å²) in [6.45, 7) is 1.24. The molecular formula is C12H12O5. The van der Waals surface area contributed by atoms with Gasteiger partial charge in [-0.1, -0.05) is 30.3 Å². The third-order valence-corrected chi connectivity index (χ3v) is 1.97. The Morgan fingerprint density at radius 3 is 2.29 bits per heavy atom. The number of esters is 1. The number of Topliss-reactive ketones (excluding diaryl/α,β-unsaturated/α-hetero) is 1. The molecule has 0 aliphatic rings. The van der Waals surface area contributed by atoms with Crippen LogP contribution < -0.4 is 0 Å². The van der Waals surface area contributed by atoms with E-state index in [2.05, 4.69) is 0 Å². The van der Waals surface area contributed by atoms with Crippen molar-refractivity contribution < 1.29 is 24.2 Å². The lowest BCUT2D eigenvalue weighted by atomic mass is 10.1. The van der Waals surface area contributed by atoms with Gasteiger partial charge in [0.1, 0.15) is 12.2 Å². The SMILES string of the molecule is CC(=O)CC(=O)OC(C(=O)O)c1ccccc1. The van der Waals surface area contributed by atoms with Crippen molar-refractivity contribution in [3.63, 3.8) is 0 Å². The fraction of sp³-hybridized carbons (Fsp3) is 0.250. The van der Waals surface area contributed by atoms with Gasteiger partial charge in [0.15, 0.2) is 0 Å². The van der Waals surface area contributed by atoms with Gasteiger partial charge in [0.2, 0.25) is 6.10 Å². The molecule has 0 saturated heterocycles. The number of ketones is 1. The molecule has 0 radical (unpaired) electrons. The van der Waals surface area contributed by atoms with E-state index in [9.17, 15) is 14.4 Å². The minimum Gasteiger partial charge on any atom is -0.478 e. The largest absolute Gasteiger partial charge is 0.478 e. The van der Waals surface area contributed by atoms with E-state index in [1.54, 1.807) is 30.3 Å². The summed E-state index contributed by atoms with van der Waals surface area (Å²) in [4.78, 5) is 32.9. The standard InChI is InChI=1S/C12H12O5/c1-8(13)7-10(14)17-11(12(15)16)9-5-3-2-4-6-9/h2-6,11H,7H2,1H3,(H,15,16). The molecule has 1 rings (SSSR count). The lowest BCUT2D eigenvalue weighted by molar-refractivity contribution is -0.165. The van der Waals surface area contributed by atoms with Crippen LogP contribution in [0.5, 0.6) is 0 Å². The zero-order valence-corrected chi connectivity index (χ0v) is 9.25. The van der Waals surface area contributed by atoms with Gasteiger partial charge in [-0.25, -0.2) is 4.79 Å². The molecule has 0 fully saturated rings. The summed E-state index contributed by atoms with van der Waals surface area (Å²) in [6.07, 6.45) is -1.79. The van der Waals surface area contributed by atoms with Crippen molar-refractivity contribution in [1.82, 2.24) is 0 Å². The van der Waals surface area contributed by atoms with E-state index in [1.807, 2.05) is 0 Å². The molecule has 1 aromatic carbocycles. The lowest BCUT2D eigenvalue weighted by Crippen LogP contribution is -2.20. The molecule has 0 aliphatic heterocycles. The third kappa shape index (κ3) is 4.06. The summed E-state index contributed by atoms with van der Waals surface area (Å²) >= 11 is 0. The van der Waals surface area contributed by atoms with Crippen LogP contribution in [0.25, 0.3) is 0 Å². The molecule has 17 heavy (non-hydrogen) atoms. The average molecular weight is 236 g/mol. The molecule has 1 N–H and O–H groups in total. The number of ether oxygens (including phenoxy) is 1. The Kier molecular flexibility index (Phi) is 4.39. The number of aliphatic carboxylic acids is 1. The second-order valence-electron chi connectivity index (χ2n) is 3.50. The molecule has 1 atom stereocenters. The summed E-state index contributed by atoms with van der Waals surface area (Å²) in [5, 5.41) is 8.95. The highest BCUT2D eigenvalue weighted by molar-refractivity contribution is 5.95. The molecule has 1 unspecified atom stereocenters. The number of hydrogen-bond acceptors (Lipinski definition) is 4. The van der Waals surface area contributed by atoms with Crippen LogP contribution in [0.4, 0.5) is 0 Å². The van der Waals surface area contributed by atoms with Crippen LogP contribution in [0.15, 0.2) is 30.3 Å². The van der Waals surface area contributed by atoms with Crippen LogP contribution in [0.2, 0.25) is 0 Å². The van der Waals surface area contributed by atoms with Gasteiger partial charge in [0.05, 0.1) is 0 Å². The molecule has 0 saturated carbocycles. The number of rotatable bonds is 5. The van der Waals surface area contributed by atoms with E-state index in [0.29, 0.717) is 5.56 Å². The quantitative estimate of drug-likeness (QED) is 0.616. The Morgan fingerprint density at radius 1 is 1.24 bits per heavy atom. The molecule has 1 aromatic rings. The summed E-state index contributed by atoms with van der Waals surface area (Å²) in [6, 6.07) is 8.09. The second kappa shape index (κ2) is 5.79. The molecule has 0 aromatic heterocycles. The predicted molar refractivity (Wildman–Crippen MR) is 58.2 cm³/mol. The normalized spacial score (nSPS) is 11.6. The number of benzene rings is 1. The molecule has 0 amide bonds. The van der Waals surface area contributed by atoms with Crippen molar-refractivity contribution in [2.24, 2.45) is 0 Å². The molecule has 0 bridgehead atoms. The van der Waals surface area contributed by atoms with Crippen molar-refractivity contribution in [2.45, 2.75) is 19.4 Å². The fourth-order valence-electron chi connectivity index (χ4n) is 1.27.